The highest BCUT2D eigenvalue weighted by Crippen LogP contribution is 2.38. The van der Waals surface area contributed by atoms with Gasteiger partial charge in [-0.05, 0) is 73.1 Å². The third-order valence-electron chi connectivity index (χ3n) is 5.97. The summed E-state index contributed by atoms with van der Waals surface area (Å²) in [4.78, 5) is 6.73. The van der Waals surface area contributed by atoms with Gasteiger partial charge in [0, 0.05) is 16.3 Å². The summed E-state index contributed by atoms with van der Waals surface area (Å²) in [5.74, 6) is 1.74. The van der Waals surface area contributed by atoms with Crippen LogP contribution in [0.4, 0.5) is 0 Å². The van der Waals surface area contributed by atoms with Crippen LogP contribution in [0.2, 0.25) is 5.02 Å². The van der Waals surface area contributed by atoms with Gasteiger partial charge in [0.15, 0.2) is 5.11 Å². The van der Waals surface area contributed by atoms with E-state index in [1.807, 2.05) is 36.1 Å². The van der Waals surface area contributed by atoms with E-state index in [0.717, 1.165) is 34.6 Å². The molecule has 0 fully saturated rings. The van der Waals surface area contributed by atoms with Gasteiger partial charge in [-0.25, -0.2) is 0 Å². The molecule has 2 aromatic heterocycles. The third-order valence-corrected chi connectivity index (χ3v) is 6.56. The Kier molecular flexibility index (Phi) is 6.22. The zero-order chi connectivity index (χ0) is 23.7. The van der Waals surface area contributed by atoms with Gasteiger partial charge >= 0.3 is 0 Å². The van der Waals surface area contributed by atoms with Crippen molar-refractivity contribution < 1.29 is 8.94 Å². The van der Waals surface area contributed by atoms with Gasteiger partial charge < -0.3 is 19.2 Å². The van der Waals surface area contributed by atoms with Crippen molar-refractivity contribution in [2.45, 2.75) is 32.9 Å². The Hall–Kier alpha value is -3.42. The number of aryl methyl sites for hydroxylation is 1. The van der Waals surface area contributed by atoms with Crippen molar-refractivity contribution in [3.8, 4) is 11.4 Å². The largest absolute Gasteiger partial charge is 0.467 e. The Morgan fingerprint density at radius 2 is 1.85 bits per heavy atom. The average molecular weight is 491 g/mol. The van der Waals surface area contributed by atoms with E-state index >= 15 is 0 Å². The molecule has 0 saturated heterocycles. The molecule has 1 aliphatic rings. The fourth-order valence-corrected chi connectivity index (χ4v) is 4.50. The summed E-state index contributed by atoms with van der Waals surface area (Å²) < 4.78 is 11.4. The fourth-order valence-electron chi connectivity index (χ4n) is 4.05. The summed E-state index contributed by atoms with van der Waals surface area (Å²) >= 11 is 11.8. The zero-order valence-electron chi connectivity index (χ0n) is 18.8. The Morgan fingerprint density at radius 3 is 2.53 bits per heavy atom. The van der Waals surface area contributed by atoms with Crippen LogP contribution in [0.5, 0.6) is 0 Å². The van der Waals surface area contributed by atoms with Crippen LogP contribution in [-0.4, -0.2) is 20.2 Å². The van der Waals surface area contributed by atoms with E-state index in [1.165, 1.54) is 5.56 Å². The van der Waals surface area contributed by atoms with Crippen molar-refractivity contribution in [1.29, 1.82) is 0 Å². The minimum atomic E-state index is -0.232. The minimum Gasteiger partial charge on any atom is -0.467 e. The van der Waals surface area contributed by atoms with Gasteiger partial charge in [-0.15, -0.1) is 0 Å². The fraction of sp³-hybridized carbons (Fsp3) is 0.192. The van der Waals surface area contributed by atoms with Gasteiger partial charge in [0.25, 0.3) is 5.89 Å². The first-order valence-corrected chi connectivity index (χ1v) is 11.8. The lowest BCUT2D eigenvalue weighted by Crippen LogP contribution is -2.45. The normalized spacial score (nSPS) is 16.1. The topological polar surface area (TPSA) is 67.3 Å². The maximum absolute atomic E-state index is 6.04. The van der Waals surface area contributed by atoms with E-state index in [9.17, 15) is 0 Å². The van der Waals surface area contributed by atoms with Crippen LogP contribution in [0.25, 0.3) is 17.0 Å². The van der Waals surface area contributed by atoms with Gasteiger partial charge in [0.05, 0.1) is 24.4 Å². The van der Waals surface area contributed by atoms with Crippen molar-refractivity contribution in [2.24, 2.45) is 0 Å². The predicted octanol–water partition coefficient (Wildman–Crippen LogP) is 6.41. The number of hydrogen-bond donors (Lipinski definition) is 1. The second-order valence-electron chi connectivity index (χ2n) is 8.07. The molecule has 1 aliphatic heterocycles. The number of benzene rings is 2. The number of nitrogens with one attached hydrogen (secondary N) is 1. The van der Waals surface area contributed by atoms with Crippen molar-refractivity contribution in [3.63, 3.8) is 0 Å². The minimum absolute atomic E-state index is 0.232. The number of allylic oxidation sites excluding steroid dienone is 1. The van der Waals surface area contributed by atoms with Crippen LogP contribution >= 0.6 is 23.8 Å². The molecule has 0 saturated carbocycles. The lowest BCUT2D eigenvalue weighted by atomic mass is 9.94. The molecule has 3 heterocycles. The number of hydrogen-bond acceptors (Lipinski definition) is 5. The van der Waals surface area contributed by atoms with E-state index in [1.54, 1.807) is 18.4 Å². The Labute approximate surface area is 208 Å². The third kappa shape index (κ3) is 4.36. The highest BCUT2D eigenvalue weighted by atomic mass is 35.5. The molecular formula is C26H23ClN4O2S. The van der Waals surface area contributed by atoms with Crippen molar-refractivity contribution in [3.05, 3.63) is 100 Å². The van der Waals surface area contributed by atoms with Crippen LogP contribution in [-0.2, 0) is 13.0 Å². The molecule has 172 valence electrons. The molecule has 0 radical (unpaired) electrons. The number of aromatic nitrogens is 2. The zero-order valence-corrected chi connectivity index (χ0v) is 20.4. The number of thiocarbonyl (C=S) groups is 1. The van der Waals surface area contributed by atoms with E-state index in [2.05, 4.69) is 41.7 Å². The van der Waals surface area contributed by atoms with E-state index in [4.69, 9.17) is 37.7 Å². The first kappa shape index (κ1) is 22.4. The summed E-state index contributed by atoms with van der Waals surface area (Å²) in [6.07, 6.45) is 2.63. The van der Waals surface area contributed by atoms with Crippen LogP contribution < -0.4 is 5.32 Å². The quantitative estimate of drug-likeness (QED) is 0.313. The molecule has 0 amide bonds. The van der Waals surface area contributed by atoms with Gasteiger partial charge in [-0.1, -0.05) is 47.9 Å². The molecule has 2 aromatic carbocycles. The summed E-state index contributed by atoms with van der Waals surface area (Å²) in [7, 11) is 0. The molecule has 8 heteroatoms. The van der Waals surface area contributed by atoms with Gasteiger partial charge in [-0.3, -0.25) is 0 Å². The monoisotopic (exact) mass is 490 g/mol. The molecule has 6 nitrogen and oxygen atoms in total. The van der Waals surface area contributed by atoms with Crippen molar-refractivity contribution in [2.75, 3.05) is 0 Å². The molecular weight excluding hydrogens is 468 g/mol. The summed E-state index contributed by atoms with van der Waals surface area (Å²) in [5.41, 5.74) is 4.96. The number of nitrogens with zero attached hydrogens (tertiary/aromatic N) is 3. The van der Waals surface area contributed by atoms with E-state index in [-0.39, 0.29) is 6.04 Å². The summed E-state index contributed by atoms with van der Waals surface area (Å²) in [6.45, 7) is 4.65. The Bertz CT molecular complexity index is 1330. The standard InChI is InChI=1S/C26H23ClN4O2S/c1-3-17-6-8-18(9-7-17)23-22(16(2)31(26(34)28-23)15-21-5-4-14-32-21)25-29-24(30-33-25)19-10-12-20(27)13-11-19/h4-14,23H,3,15H2,1-2H3,(H,28,34). The molecule has 1 atom stereocenters. The number of furan rings is 1. The average Bonchev–Trinajstić information content (AvgIpc) is 3.54. The second-order valence-corrected chi connectivity index (χ2v) is 8.90. The maximum Gasteiger partial charge on any atom is 0.258 e. The van der Waals surface area contributed by atoms with Crippen LogP contribution in [0.3, 0.4) is 0 Å². The molecule has 4 aromatic rings. The smallest absolute Gasteiger partial charge is 0.258 e. The molecule has 0 aliphatic carbocycles. The summed E-state index contributed by atoms with van der Waals surface area (Å²) in [5, 5.41) is 8.98. The molecule has 34 heavy (non-hydrogen) atoms. The molecule has 5 rings (SSSR count). The first-order valence-electron chi connectivity index (χ1n) is 11.0. The molecule has 0 spiro atoms. The van der Waals surface area contributed by atoms with Crippen LogP contribution in [0, 0.1) is 0 Å². The Balaban J connectivity index is 1.58. The molecule has 1 unspecified atom stereocenters. The van der Waals surface area contributed by atoms with Crippen LogP contribution in [0.15, 0.2) is 81.6 Å². The predicted molar refractivity (Wildman–Crippen MR) is 136 cm³/mol. The van der Waals surface area contributed by atoms with E-state index in [0.29, 0.717) is 28.4 Å². The van der Waals surface area contributed by atoms with E-state index < -0.39 is 0 Å². The lowest BCUT2D eigenvalue weighted by molar-refractivity contribution is 0.382. The van der Waals surface area contributed by atoms with Gasteiger partial charge in [0.2, 0.25) is 5.82 Å². The van der Waals surface area contributed by atoms with Gasteiger partial charge in [0.1, 0.15) is 5.76 Å². The summed E-state index contributed by atoms with van der Waals surface area (Å²) in [6, 6.07) is 19.4. The Morgan fingerprint density at radius 1 is 1.09 bits per heavy atom. The molecule has 1 N–H and O–H groups in total. The second kappa shape index (κ2) is 9.44. The molecule has 0 bridgehead atoms. The highest BCUT2D eigenvalue weighted by Gasteiger charge is 2.34. The highest BCUT2D eigenvalue weighted by molar-refractivity contribution is 7.80. The van der Waals surface area contributed by atoms with Gasteiger partial charge in [-0.2, -0.15) is 4.98 Å². The van der Waals surface area contributed by atoms with Crippen molar-refractivity contribution >= 4 is 34.5 Å². The van der Waals surface area contributed by atoms with Crippen LogP contribution in [0.1, 0.15) is 42.7 Å². The first-order chi connectivity index (χ1) is 16.5. The number of rotatable bonds is 6. The maximum atomic E-state index is 6.04. The van der Waals surface area contributed by atoms with Crippen molar-refractivity contribution in [1.82, 2.24) is 20.4 Å². The lowest BCUT2D eigenvalue weighted by Gasteiger charge is -2.37. The number of halogens is 1. The SMILES string of the molecule is CCc1ccc(C2NC(=S)N(Cc3ccco3)C(C)=C2c2nc(-c3ccc(Cl)cc3)no2)cc1.